The van der Waals surface area contributed by atoms with E-state index in [4.69, 9.17) is 16.3 Å². The molecule has 3 aliphatic heterocycles. The predicted molar refractivity (Wildman–Crippen MR) is 125 cm³/mol. The van der Waals surface area contributed by atoms with E-state index in [1.165, 1.54) is 12.0 Å². The van der Waals surface area contributed by atoms with E-state index in [0.717, 1.165) is 46.7 Å². The zero-order chi connectivity index (χ0) is 21.4. The highest BCUT2D eigenvalue weighted by Crippen LogP contribution is 2.42. The van der Waals surface area contributed by atoms with Crippen LogP contribution >= 0.6 is 11.6 Å². The molecule has 3 fully saturated rings. The Hall–Kier alpha value is -2.40. The molecular weight excluding hydrogens is 408 g/mol. The summed E-state index contributed by atoms with van der Waals surface area (Å²) in [4.78, 5) is 6.93. The number of pyridine rings is 1. The molecule has 0 amide bonds. The lowest BCUT2D eigenvalue weighted by Crippen LogP contribution is -2.54. The van der Waals surface area contributed by atoms with Crippen molar-refractivity contribution in [1.29, 1.82) is 0 Å². The molecule has 3 aliphatic rings. The van der Waals surface area contributed by atoms with Crippen LogP contribution in [0.15, 0.2) is 60.8 Å². The minimum atomic E-state index is -0.540. The van der Waals surface area contributed by atoms with Gasteiger partial charge in [-0.2, -0.15) is 0 Å². The molecule has 0 aliphatic carbocycles. The van der Waals surface area contributed by atoms with E-state index in [-0.39, 0.29) is 6.04 Å². The molecule has 0 saturated carbocycles. The van der Waals surface area contributed by atoms with E-state index < -0.39 is 6.10 Å². The topological polar surface area (TPSA) is 45.6 Å². The summed E-state index contributed by atoms with van der Waals surface area (Å²) in [6, 6.07) is 15.9. The summed E-state index contributed by atoms with van der Waals surface area (Å²) in [5.41, 5.74) is 3.00. The Balaban J connectivity index is 1.35. The lowest BCUT2D eigenvalue weighted by molar-refractivity contribution is -0.0444. The lowest BCUT2D eigenvalue weighted by Gasteiger charge is -2.50. The van der Waals surface area contributed by atoms with Crippen LogP contribution in [-0.2, 0) is 0 Å². The van der Waals surface area contributed by atoms with Gasteiger partial charge >= 0.3 is 0 Å². The van der Waals surface area contributed by atoms with Crippen LogP contribution in [0.4, 0.5) is 0 Å². The second-order valence-electron chi connectivity index (χ2n) is 8.65. The maximum absolute atomic E-state index is 11.4. The number of halogens is 1. The summed E-state index contributed by atoms with van der Waals surface area (Å²) in [6.07, 6.45) is 7.99. The third-order valence-electron chi connectivity index (χ3n) is 6.92. The number of benzene rings is 2. The highest BCUT2D eigenvalue weighted by molar-refractivity contribution is 6.30. The number of nitrogens with zero attached hydrogens (tertiary/aromatic N) is 2. The molecule has 4 unspecified atom stereocenters. The molecule has 5 heteroatoms. The quantitative estimate of drug-likeness (QED) is 0.587. The Morgan fingerprint density at radius 1 is 1.19 bits per heavy atom. The molecule has 1 aromatic heterocycles. The van der Waals surface area contributed by atoms with E-state index >= 15 is 0 Å². The van der Waals surface area contributed by atoms with E-state index in [9.17, 15) is 5.11 Å². The van der Waals surface area contributed by atoms with Crippen molar-refractivity contribution in [3.8, 4) is 5.75 Å². The second-order valence-corrected chi connectivity index (χ2v) is 9.09. The highest BCUT2D eigenvalue weighted by atomic mass is 35.5. The zero-order valence-corrected chi connectivity index (χ0v) is 18.4. The highest BCUT2D eigenvalue weighted by Gasteiger charge is 2.42. The van der Waals surface area contributed by atoms with Crippen LogP contribution in [0.25, 0.3) is 17.0 Å². The minimum absolute atomic E-state index is 0.135. The van der Waals surface area contributed by atoms with Crippen LogP contribution in [0, 0.1) is 11.8 Å². The molecule has 6 rings (SSSR count). The Kier molecular flexibility index (Phi) is 5.70. The van der Waals surface area contributed by atoms with Gasteiger partial charge in [-0.25, -0.2) is 0 Å². The number of aromatic nitrogens is 1. The molecule has 31 heavy (non-hydrogen) atoms. The maximum atomic E-state index is 11.4. The number of aliphatic hydroxyl groups is 1. The molecule has 3 saturated heterocycles. The van der Waals surface area contributed by atoms with E-state index in [1.54, 1.807) is 13.3 Å². The van der Waals surface area contributed by atoms with Crippen LogP contribution in [0.1, 0.15) is 30.1 Å². The van der Waals surface area contributed by atoms with E-state index in [2.05, 4.69) is 34.2 Å². The summed E-state index contributed by atoms with van der Waals surface area (Å²) < 4.78 is 5.40. The smallest absolute Gasteiger partial charge is 0.119 e. The standard InChI is InChI=1S/C26H27ClN2O2/c1-31-21-8-9-24-23(15-21)22(10-12-28-24)26(30)25-14-18-11-13-29(25)16-19(18)5-2-17-3-6-20(27)7-4-17/h2-10,12,15,18-19,25-26,30H,11,13-14,16H2,1H3/b5-2+/t18?,19?,25?,26-/m1/s1. The van der Waals surface area contributed by atoms with E-state index in [1.807, 2.05) is 36.4 Å². The summed E-state index contributed by atoms with van der Waals surface area (Å²) in [5, 5.41) is 13.1. The zero-order valence-electron chi connectivity index (χ0n) is 17.6. The predicted octanol–water partition coefficient (Wildman–Crippen LogP) is 5.35. The van der Waals surface area contributed by atoms with Crippen molar-refractivity contribution in [2.24, 2.45) is 11.8 Å². The summed E-state index contributed by atoms with van der Waals surface area (Å²) >= 11 is 6.00. The third kappa shape index (κ3) is 4.08. The summed E-state index contributed by atoms with van der Waals surface area (Å²) in [6.45, 7) is 2.03. The Bertz CT molecular complexity index is 1100. The molecule has 4 heterocycles. The lowest BCUT2D eigenvalue weighted by atomic mass is 9.73. The van der Waals surface area contributed by atoms with Gasteiger partial charge in [-0.15, -0.1) is 0 Å². The molecule has 2 bridgehead atoms. The van der Waals surface area contributed by atoms with Crippen molar-refractivity contribution in [2.45, 2.75) is 25.0 Å². The SMILES string of the molecule is COc1ccc2nccc([C@@H](O)C3CC4CCN3CC4/C=C/c3ccc(Cl)cc3)c2c1. The second kappa shape index (κ2) is 8.62. The van der Waals surface area contributed by atoms with Gasteiger partial charge < -0.3 is 9.84 Å². The molecule has 0 spiro atoms. The largest absolute Gasteiger partial charge is 0.497 e. The van der Waals surface area contributed by atoms with Gasteiger partial charge in [0.1, 0.15) is 5.75 Å². The van der Waals surface area contributed by atoms with Crippen LogP contribution < -0.4 is 4.74 Å². The monoisotopic (exact) mass is 434 g/mol. The molecule has 3 aromatic rings. The average molecular weight is 435 g/mol. The fourth-order valence-corrected chi connectivity index (χ4v) is 5.33. The van der Waals surface area contributed by atoms with Crippen molar-refractivity contribution in [2.75, 3.05) is 20.2 Å². The Morgan fingerprint density at radius 3 is 2.77 bits per heavy atom. The number of hydrogen-bond acceptors (Lipinski definition) is 4. The fraction of sp³-hybridized carbons (Fsp3) is 0.346. The van der Waals surface area contributed by atoms with Crippen LogP contribution in [0.5, 0.6) is 5.75 Å². The van der Waals surface area contributed by atoms with Gasteiger partial charge in [0.15, 0.2) is 0 Å². The Labute approximate surface area is 188 Å². The van der Waals surface area contributed by atoms with Gasteiger partial charge in [0.2, 0.25) is 0 Å². The molecular formula is C26H27ClN2O2. The van der Waals surface area contributed by atoms with Gasteiger partial charge in [0, 0.05) is 29.2 Å². The summed E-state index contributed by atoms with van der Waals surface area (Å²) in [5.74, 6) is 1.89. The van der Waals surface area contributed by atoms with Crippen molar-refractivity contribution in [3.63, 3.8) is 0 Å². The van der Waals surface area contributed by atoms with Gasteiger partial charge in [-0.3, -0.25) is 9.88 Å². The molecule has 160 valence electrons. The van der Waals surface area contributed by atoms with Crippen molar-refractivity contribution in [1.82, 2.24) is 9.88 Å². The van der Waals surface area contributed by atoms with Gasteiger partial charge in [0.05, 0.1) is 18.7 Å². The summed E-state index contributed by atoms with van der Waals surface area (Å²) in [7, 11) is 1.66. The van der Waals surface area contributed by atoms with Crippen molar-refractivity contribution < 1.29 is 9.84 Å². The minimum Gasteiger partial charge on any atom is -0.497 e. The first-order valence-corrected chi connectivity index (χ1v) is 11.3. The maximum Gasteiger partial charge on any atom is 0.119 e. The van der Waals surface area contributed by atoms with Crippen LogP contribution in [0.2, 0.25) is 5.02 Å². The van der Waals surface area contributed by atoms with Gasteiger partial charge in [-0.05, 0) is 78.7 Å². The normalized spacial score (nSPS) is 26.4. The van der Waals surface area contributed by atoms with Gasteiger partial charge in [0.25, 0.3) is 0 Å². The number of piperidine rings is 3. The van der Waals surface area contributed by atoms with Crippen LogP contribution in [0.3, 0.4) is 0 Å². The molecule has 4 nitrogen and oxygen atoms in total. The number of hydrogen-bond donors (Lipinski definition) is 1. The van der Waals surface area contributed by atoms with Gasteiger partial charge in [-0.1, -0.05) is 35.9 Å². The third-order valence-corrected chi connectivity index (χ3v) is 7.17. The molecule has 1 N–H and O–H groups in total. The average Bonchev–Trinajstić information content (AvgIpc) is 2.83. The van der Waals surface area contributed by atoms with Crippen molar-refractivity contribution in [3.05, 3.63) is 77.0 Å². The molecule has 0 radical (unpaired) electrons. The first kappa shape index (κ1) is 20.5. The number of aliphatic hydroxyl groups excluding tert-OH is 1. The number of ether oxygens (including phenoxy) is 1. The van der Waals surface area contributed by atoms with Crippen LogP contribution in [-0.4, -0.2) is 41.2 Å². The molecule has 2 aromatic carbocycles. The first-order valence-electron chi connectivity index (χ1n) is 10.9. The fourth-order valence-electron chi connectivity index (χ4n) is 5.20. The Morgan fingerprint density at radius 2 is 2.03 bits per heavy atom. The van der Waals surface area contributed by atoms with E-state index in [0.29, 0.717) is 11.8 Å². The first-order chi connectivity index (χ1) is 15.1. The molecule has 5 atom stereocenters. The number of methoxy groups -OCH3 is 1. The number of fused-ring (bicyclic) bond motifs is 4. The van der Waals surface area contributed by atoms with Crippen molar-refractivity contribution >= 4 is 28.6 Å². The number of rotatable bonds is 5.